The fraction of sp³-hybridized carbons (Fsp3) is 0.636. The van der Waals surface area contributed by atoms with E-state index in [9.17, 15) is 0 Å². The van der Waals surface area contributed by atoms with E-state index in [1.165, 1.54) is 5.69 Å². The van der Waals surface area contributed by atoms with Crippen LogP contribution in [0.15, 0.2) is 0 Å². The molecule has 1 aromatic rings. The molecule has 0 bridgehead atoms. The lowest BCUT2D eigenvalue weighted by Crippen LogP contribution is -2.23. The van der Waals surface area contributed by atoms with Gasteiger partial charge in [0.25, 0.3) is 0 Å². The molecule has 0 aliphatic carbocycles. The van der Waals surface area contributed by atoms with E-state index in [0.717, 1.165) is 37.3 Å². The van der Waals surface area contributed by atoms with Crippen molar-refractivity contribution in [3.63, 3.8) is 0 Å². The minimum Gasteiger partial charge on any atom is -0.361 e. The fourth-order valence-electron chi connectivity index (χ4n) is 1.99. The van der Waals surface area contributed by atoms with Crippen molar-refractivity contribution in [2.45, 2.75) is 26.4 Å². The van der Waals surface area contributed by atoms with Crippen molar-refractivity contribution in [1.29, 1.82) is 5.41 Å². The lowest BCUT2D eigenvalue weighted by molar-refractivity contribution is 0.577. The van der Waals surface area contributed by atoms with E-state index in [1.807, 2.05) is 18.8 Å². The first-order valence-corrected chi connectivity index (χ1v) is 5.64. The molecule has 88 valence electrons. The summed E-state index contributed by atoms with van der Waals surface area (Å²) in [7, 11) is 3.76. The summed E-state index contributed by atoms with van der Waals surface area (Å²) in [4.78, 5) is 1.79. The van der Waals surface area contributed by atoms with E-state index in [-0.39, 0.29) is 0 Å². The first-order chi connectivity index (χ1) is 7.61. The molecule has 5 nitrogen and oxygen atoms in total. The molecule has 1 aliphatic heterocycles. The first-order valence-electron chi connectivity index (χ1n) is 5.64. The zero-order valence-corrected chi connectivity index (χ0v) is 10.2. The number of fused-ring (bicyclic) bond motifs is 1. The number of rotatable bonds is 1. The molecule has 0 saturated carbocycles. The van der Waals surface area contributed by atoms with Crippen LogP contribution < -0.4 is 5.32 Å². The second-order valence-electron chi connectivity index (χ2n) is 4.42. The van der Waals surface area contributed by atoms with E-state index >= 15 is 0 Å². The normalized spacial score (nSPS) is 15.4. The van der Waals surface area contributed by atoms with Gasteiger partial charge in [-0.2, -0.15) is 5.10 Å². The minimum absolute atomic E-state index is 0.484. The molecule has 1 aromatic heterocycles. The second kappa shape index (κ2) is 4.25. The van der Waals surface area contributed by atoms with Gasteiger partial charge in [-0.1, -0.05) is 0 Å². The third-order valence-electron chi connectivity index (χ3n) is 3.01. The van der Waals surface area contributed by atoms with Gasteiger partial charge in [-0.15, -0.1) is 0 Å². The Morgan fingerprint density at radius 2 is 2.25 bits per heavy atom. The Labute approximate surface area is 95.9 Å². The van der Waals surface area contributed by atoms with Gasteiger partial charge in [0.05, 0.1) is 5.69 Å². The lowest BCUT2D eigenvalue weighted by Gasteiger charge is -2.11. The number of aryl methyl sites for hydroxylation is 1. The molecule has 0 spiro atoms. The molecular weight excluding hydrogens is 202 g/mol. The van der Waals surface area contributed by atoms with Gasteiger partial charge in [0, 0.05) is 32.7 Å². The fourth-order valence-corrected chi connectivity index (χ4v) is 1.99. The summed E-state index contributed by atoms with van der Waals surface area (Å²) in [6, 6.07) is 0. The van der Waals surface area contributed by atoms with E-state index in [4.69, 9.17) is 5.41 Å². The van der Waals surface area contributed by atoms with Crippen LogP contribution in [0.4, 0.5) is 0 Å². The van der Waals surface area contributed by atoms with Crippen LogP contribution in [0.5, 0.6) is 0 Å². The maximum absolute atomic E-state index is 7.99. The quantitative estimate of drug-likeness (QED) is 0.538. The van der Waals surface area contributed by atoms with Gasteiger partial charge in [0.15, 0.2) is 0 Å². The minimum atomic E-state index is 0.484. The highest BCUT2D eigenvalue weighted by molar-refractivity contribution is 5.95. The molecule has 2 heterocycles. The number of nitrogens with zero attached hydrogens (tertiary/aromatic N) is 3. The molecular formula is C11H19N5. The molecule has 0 saturated heterocycles. The summed E-state index contributed by atoms with van der Waals surface area (Å²) in [6.07, 6.45) is 1.10. The van der Waals surface area contributed by atoms with Crippen LogP contribution >= 0.6 is 0 Å². The summed E-state index contributed by atoms with van der Waals surface area (Å²) in [5, 5.41) is 15.9. The second-order valence-corrected chi connectivity index (χ2v) is 4.42. The highest BCUT2D eigenvalue weighted by Gasteiger charge is 2.19. The summed E-state index contributed by atoms with van der Waals surface area (Å²) >= 11 is 0. The highest BCUT2D eigenvalue weighted by Crippen LogP contribution is 2.16. The van der Waals surface area contributed by atoms with Crippen molar-refractivity contribution in [3.8, 4) is 0 Å². The molecule has 0 unspecified atom stereocenters. The largest absolute Gasteiger partial charge is 0.361 e. The zero-order chi connectivity index (χ0) is 11.7. The Bertz CT molecular complexity index is 405. The predicted octanol–water partition coefficient (Wildman–Crippen LogP) is 0.572. The van der Waals surface area contributed by atoms with Crippen LogP contribution in [-0.4, -0.2) is 41.2 Å². The Kier molecular flexibility index (Phi) is 2.96. The van der Waals surface area contributed by atoms with Crippen molar-refractivity contribution >= 4 is 5.84 Å². The van der Waals surface area contributed by atoms with Gasteiger partial charge in [0.2, 0.25) is 0 Å². The summed E-state index contributed by atoms with van der Waals surface area (Å²) in [5.41, 5.74) is 3.16. The molecule has 0 amide bonds. The maximum atomic E-state index is 7.99. The van der Waals surface area contributed by atoms with Crippen molar-refractivity contribution in [1.82, 2.24) is 20.0 Å². The molecule has 0 radical (unpaired) electrons. The van der Waals surface area contributed by atoms with Crippen LogP contribution in [0.3, 0.4) is 0 Å². The smallest absolute Gasteiger partial charge is 0.148 e. The number of hydrogen-bond acceptors (Lipinski definition) is 3. The lowest BCUT2D eigenvalue weighted by atomic mass is 10.2. The molecule has 0 atom stereocenters. The van der Waals surface area contributed by atoms with Gasteiger partial charge in [-0.25, -0.2) is 0 Å². The first kappa shape index (κ1) is 11.1. The van der Waals surface area contributed by atoms with Crippen LogP contribution in [0, 0.1) is 12.3 Å². The average molecular weight is 221 g/mol. The molecule has 1 aliphatic rings. The Hall–Kier alpha value is -1.36. The molecule has 16 heavy (non-hydrogen) atoms. The number of nitrogens with one attached hydrogen (secondary N) is 2. The van der Waals surface area contributed by atoms with Gasteiger partial charge < -0.3 is 10.2 Å². The molecule has 5 heteroatoms. The van der Waals surface area contributed by atoms with Crippen LogP contribution in [0.25, 0.3) is 0 Å². The van der Waals surface area contributed by atoms with Crippen molar-refractivity contribution in [3.05, 3.63) is 17.0 Å². The van der Waals surface area contributed by atoms with Crippen LogP contribution in [-0.2, 0) is 13.1 Å². The van der Waals surface area contributed by atoms with Crippen molar-refractivity contribution in [2.75, 3.05) is 20.6 Å². The highest BCUT2D eigenvalue weighted by atomic mass is 15.3. The predicted molar refractivity (Wildman–Crippen MR) is 63.8 cm³/mol. The molecule has 2 rings (SSSR count). The average Bonchev–Trinajstić information content (AvgIpc) is 2.45. The third kappa shape index (κ3) is 1.82. The van der Waals surface area contributed by atoms with Gasteiger partial charge in [0.1, 0.15) is 11.5 Å². The van der Waals surface area contributed by atoms with Crippen LogP contribution in [0.2, 0.25) is 0 Å². The van der Waals surface area contributed by atoms with Crippen molar-refractivity contribution < 1.29 is 0 Å². The van der Waals surface area contributed by atoms with Gasteiger partial charge in [-0.3, -0.25) is 10.1 Å². The van der Waals surface area contributed by atoms with E-state index in [2.05, 4.69) is 17.3 Å². The summed E-state index contributed by atoms with van der Waals surface area (Å²) in [6.45, 7) is 4.91. The maximum Gasteiger partial charge on any atom is 0.148 e. The Morgan fingerprint density at radius 3 is 2.94 bits per heavy atom. The number of hydrogen-bond donors (Lipinski definition) is 2. The Morgan fingerprint density at radius 1 is 1.50 bits per heavy atom. The third-order valence-corrected chi connectivity index (χ3v) is 3.01. The number of amidine groups is 1. The molecule has 0 aromatic carbocycles. The standard InChI is InChI=1S/C11H19N5/c1-8-9-7-13-5-4-6-16(9)14-10(8)11(12)15(2)3/h12-13H,4-7H2,1-3H3. The summed E-state index contributed by atoms with van der Waals surface area (Å²) in [5.74, 6) is 0.484. The SMILES string of the molecule is Cc1c(C(=N)N(C)C)nn2c1CNCCC2. The van der Waals surface area contributed by atoms with E-state index < -0.39 is 0 Å². The number of aromatic nitrogens is 2. The van der Waals surface area contributed by atoms with E-state index in [0.29, 0.717) is 5.84 Å². The molecule has 0 fully saturated rings. The van der Waals surface area contributed by atoms with Gasteiger partial charge in [-0.05, 0) is 19.9 Å². The Balaban J connectivity index is 2.39. The van der Waals surface area contributed by atoms with Gasteiger partial charge >= 0.3 is 0 Å². The summed E-state index contributed by atoms with van der Waals surface area (Å²) < 4.78 is 2.04. The molecule has 2 N–H and O–H groups in total. The van der Waals surface area contributed by atoms with E-state index in [1.54, 1.807) is 4.90 Å². The zero-order valence-electron chi connectivity index (χ0n) is 10.2. The van der Waals surface area contributed by atoms with Crippen LogP contribution in [0.1, 0.15) is 23.4 Å². The topological polar surface area (TPSA) is 56.9 Å². The van der Waals surface area contributed by atoms with Crippen molar-refractivity contribution in [2.24, 2.45) is 0 Å². The monoisotopic (exact) mass is 221 g/mol.